The molecule has 0 radical (unpaired) electrons. The molecule has 1 saturated carbocycles. The normalized spacial score (nSPS) is 24.0. The lowest BCUT2D eigenvalue weighted by Gasteiger charge is -2.09. The summed E-state index contributed by atoms with van der Waals surface area (Å²) >= 11 is 0. The second-order valence-electron chi connectivity index (χ2n) is 3.91. The molecule has 0 saturated heterocycles. The van der Waals surface area contributed by atoms with Crippen molar-refractivity contribution in [2.24, 2.45) is 11.3 Å². The maximum Gasteiger partial charge on any atom is -0.0323 e. The molecular weight excluding hydrogens is 96.1 g/mol. The predicted molar refractivity (Wildman–Crippen MR) is 36.8 cm³/mol. The minimum Gasteiger partial charge on any atom is -0.0628 e. The van der Waals surface area contributed by atoms with Gasteiger partial charge in [-0.25, -0.2) is 0 Å². The Balaban J connectivity index is 2.19. The zero-order valence-corrected chi connectivity index (χ0v) is 6.20. The van der Waals surface area contributed by atoms with Crippen molar-refractivity contribution in [3.8, 4) is 0 Å². The molecule has 0 amide bonds. The van der Waals surface area contributed by atoms with Gasteiger partial charge in [0.15, 0.2) is 0 Å². The first-order valence-electron chi connectivity index (χ1n) is 3.62. The monoisotopic (exact) mass is 112 g/mol. The standard InChI is InChI=1S/C8H16/c1-7(2)6-8(3)4-5-8/h7H,4-6H2,1-3H3. The minimum absolute atomic E-state index is 0.772. The molecular formula is C8H16. The van der Waals surface area contributed by atoms with E-state index in [1.54, 1.807) is 0 Å². The van der Waals surface area contributed by atoms with Gasteiger partial charge in [0.2, 0.25) is 0 Å². The van der Waals surface area contributed by atoms with E-state index in [0.29, 0.717) is 0 Å². The van der Waals surface area contributed by atoms with Crippen LogP contribution in [-0.2, 0) is 0 Å². The number of rotatable bonds is 2. The van der Waals surface area contributed by atoms with Crippen LogP contribution in [0.4, 0.5) is 0 Å². The highest BCUT2D eigenvalue weighted by atomic mass is 14.4. The van der Waals surface area contributed by atoms with Gasteiger partial charge in [-0.3, -0.25) is 0 Å². The Labute approximate surface area is 52.3 Å². The molecule has 0 unspecified atom stereocenters. The Kier molecular flexibility index (Phi) is 1.34. The van der Waals surface area contributed by atoms with Crippen molar-refractivity contribution in [2.75, 3.05) is 0 Å². The summed E-state index contributed by atoms with van der Waals surface area (Å²) in [6.45, 7) is 7.01. The van der Waals surface area contributed by atoms with Crippen LogP contribution in [0.1, 0.15) is 40.0 Å². The van der Waals surface area contributed by atoms with Gasteiger partial charge < -0.3 is 0 Å². The summed E-state index contributed by atoms with van der Waals surface area (Å²) < 4.78 is 0. The second-order valence-corrected chi connectivity index (χ2v) is 3.91. The topological polar surface area (TPSA) is 0 Å². The van der Waals surface area contributed by atoms with Crippen molar-refractivity contribution in [2.45, 2.75) is 40.0 Å². The van der Waals surface area contributed by atoms with Crippen LogP contribution in [-0.4, -0.2) is 0 Å². The highest BCUT2D eigenvalue weighted by Gasteiger charge is 2.37. The molecule has 0 nitrogen and oxygen atoms in total. The molecule has 0 aromatic heterocycles. The van der Waals surface area contributed by atoms with Crippen molar-refractivity contribution < 1.29 is 0 Å². The van der Waals surface area contributed by atoms with Crippen molar-refractivity contribution >= 4 is 0 Å². The van der Waals surface area contributed by atoms with Gasteiger partial charge in [-0.1, -0.05) is 20.8 Å². The van der Waals surface area contributed by atoms with E-state index in [-0.39, 0.29) is 0 Å². The minimum atomic E-state index is 0.772. The van der Waals surface area contributed by atoms with E-state index < -0.39 is 0 Å². The smallest absolute Gasteiger partial charge is 0.0323 e. The highest BCUT2D eigenvalue weighted by molar-refractivity contribution is 4.88. The van der Waals surface area contributed by atoms with Gasteiger partial charge in [-0.05, 0) is 30.6 Å². The molecule has 0 atom stereocenters. The van der Waals surface area contributed by atoms with Crippen LogP contribution in [0.2, 0.25) is 0 Å². The first-order valence-corrected chi connectivity index (χ1v) is 3.62. The summed E-state index contributed by atoms with van der Waals surface area (Å²) in [6.07, 6.45) is 4.39. The molecule has 0 heteroatoms. The molecule has 1 fully saturated rings. The van der Waals surface area contributed by atoms with Crippen LogP contribution in [0.3, 0.4) is 0 Å². The average Bonchev–Trinajstić information content (AvgIpc) is 2.17. The van der Waals surface area contributed by atoms with Gasteiger partial charge in [-0.15, -0.1) is 0 Å². The summed E-state index contributed by atoms with van der Waals surface area (Å²) in [6, 6.07) is 0. The Morgan fingerprint density at radius 1 is 1.38 bits per heavy atom. The van der Waals surface area contributed by atoms with Crippen LogP contribution in [0.5, 0.6) is 0 Å². The molecule has 0 aromatic rings. The van der Waals surface area contributed by atoms with Crippen LogP contribution >= 0.6 is 0 Å². The molecule has 8 heavy (non-hydrogen) atoms. The lowest BCUT2D eigenvalue weighted by atomic mass is 9.97. The van der Waals surface area contributed by atoms with Crippen LogP contribution in [0.25, 0.3) is 0 Å². The lowest BCUT2D eigenvalue weighted by molar-refractivity contribution is 0.422. The maximum absolute atomic E-state index is 2.40. The molecule has 0 bridgehead atoms. The first-order chi connectivity index (χ1) is 3.62. The highest BCUT2D eigenvalue weighted by Crippen LogP contribution is 2.49. The summed E-state index contributed by atoms with van der Waals surface area (Å²) in [5.74, 6) is 0.905. The third-order valence-corrected chi connectivity index (χ3v) is 2.00. The van der Waals surface area contributed by atoms with Crippen LogP contribution in [0.15, 0.2) is 0 Å². The van der Waals surface area contributed by atoms with E-state index in [0.717, 1.165) is 11.3 Å². The Bertz CT molecular complexity index is 78.0. The van der Waals surface area contributed by atoms with E-state index in [1.807, 2.05) is 0 Å². The van der Waals surface area contributed by atoms with Gasteiger partial charge in [0, 0.05) is 0 Å². The van der Waals surface area contributed by atoms with Crippen LogP contribution < -0.4 is 0 Å². The quantitative estimate of drug-likeness (QED) is 0.515. The number of hydrogen-bond acceptors (Lipinski definition) is 0. The summed E-state index contributed by atoms with van der Waals surface area (Å²) in [4.78, 5) is 0. The first kappa shape index (κ1) is 6.12. The molecule has 1 aliphatic rings. The van der Waals surface area contributed by atoms with E-state index in [2.05, 4.69) is 20.8 Å². The average molecular weight is 112 g/mol. The van der Waals surface area contributed by atoms with E-state index in [4.69, 9.17) is 0 Å². The summed E-state index contributed by atoms with van der Waals surface area (Å²) in [5.41, 5.74) is 0.772. The molecule has 0 heterocycles. The lowest BCUT2D eigenvalue weighted by Crippen LogP contribution is -1.98. The van der Waals surface area contributed by atoms with Gasteiger partial charge in [-0.2, -0.15) is 0 Å². The zero-order chi connectivity index (χ0) is 6.20. The van der Waals surface area contributed by atoms with Crippen molar-refractivity contribution in [3.05, 3.63) is 0 Å². The molecule has 0 aromatic carbocycles. The maximum atomic E-state index is 2.40. The molecule has 0 spiro atoms. The van der Waals surface area contributed by atoms with Crippen molar-refractivity contribution in [1.29, 1.82) is 0 Å². The molecule has 1 rings (SSSR count). The Morgan fingerprint density at radius 3 is 2.00 bits per heavy atom. The largest absolute Gasteiger partial charge is 0.0628 e. The molecule has 48 valence electrons. The van der Waals surface area contributed by atoms with Gasteiger partial charge in [0.1, 0.15) is 0 Å². The second kappa shape index (κ2) is 1.75. The number of hydrogen-bond donors (Lipinski definition) is 0. The molecule has 1 aliphatic carbocycles. The summed E-state index contributed by atoms with van der Waals surface area (Å²) in [5, 5.41) is 0. The fourth-order valence-corrected chi connectivity index (χ4v) is 1.40. The zero-order valence-electron chi connectivity index (χ0n) is 6.20. The van der Waals surface area contributed by atoms with E-state index >= 15 is 0 Å². The van der Waals surface area contributed by atoms with Crippen molar-refractivity contribution in [3.63, 3.8) is 0 Å². The molecule has 0 aliphatic heterocycles. The van der Waals surface area contributed by atoms with Crippen molar-refractivity contribution in [1.82, 2.24) is 0 Å². The fourth-order valence-electron chi connectivity index (χ4n) is 1.40. The van der Waals surface area contributed by atoms with Crippen LogP contribution in [0, 0.1) is 11.3 Å². The molecule has 0 N–H and O–H groups in total. The van der Waals surface area contributed by atoms with E-state index in [1.165, 1.54) is 19.3 Å². The third kappa shape index (κ3) is 1.50. The van der Waals surface area contributed by atoms with Gasteiger partial charge >= 0.3 is 0 Å². The van der Waals surface area contributed by atoms with Gasteiger partial charge in [0.05, 0.1) is 0 Å². The summed E-state index contributed by atoms with van der Waals surface area (Å²) in [7, 11) is 0. The SMILES string of the molecule is CC(C)CC1(C)CC1. The predicted octanol–water partition coefficient (Wildman–Crippen LogP) is 2.83. The van der Waals surface area contributed by atoms with E-state index in [9.17, 15) is 0 Å². The Hall–Kier alpha value is 0. The Morgan fingerprint density at radius 2 is 1.88 bits per heavy atom. The third-order valence-electron chi connectivity index (χ3n) is 2.00. The van der Waals surface area contributed by atoms with Gasteiger partial charge in [0.25, 0.3) is 0 Å². The fraction of sp³-hybridized carbons (Fsp3) is 1.00.